The van der Waals surface area contributed by atoms with E-state index in [0.29, 0.717) is 31.7 Å². The van der Waals surface area contributed by atoms with E-state index in [9.17, 15) is 9.59 Å². The number of benzene rings is 2. The molecule has 3 heterocycles. The first-order valence-corrected chi connectivity index (χ1v) is 13.6. The van der Waals surface area contributed by atoms with Gasteiger partial charge < -0.3 is 14.2 Å². The van der Waals surface area contributed by atoms with Crippen molar-refractivity contribution < 1.29 is 9.53 Å². The molecule has 38 heavy (non-hydrogen) atoms. The largest absolute Gasteiger partial charge is 0.378 e. The summed E-state index contributed by atoms with van der Waals surface area (Å²) in [5, 5.41) is 6.36. The summed E-state index contributed by atoms with van der Waals surface area (Å²) in [5.41, 5.74) is 3.40. The molecule has 6 rings (SSSR count). The zero-order chi connectivity index (χ0) is 26.1. The standard InChI is InChI=1S/C30H33N5O3/c1-21-25(23-11-6-8-14-27(23)34(21)20-28(36)33-15-17-38-18-16-33)19-31-35-29(22-9-3-2-4-10-22)32-26-13-7-5-12-24(26)30(35)37/h5-8,11-14,19,22H,2-4,9-10,15-18,20H2,1H3. The van der Waals surface area contributed by atoms with E-state index in [1.54, 1.807) is 6.21 Å². The Morgan fingerprint density at radius 2 is 1.74 bits per heavy atom. The molecule has 1 saturated carbocycles. The highest BCUT2D eigenvalue weighted by Gasteiger charge is 2.23. The van der Waals surface area contributed by atoms with E-state index in [4.69, 9.17) is 14.8 Å². The normalized spacial score (nSPS) is 17.1. The quantitative estimate of drug-likeness (QED) is 0.371. The number of hydrogen-bond donors (Lipinski definition) is 0. The third-order valence-electron chi connectivity index (χ3n) is 7.99. The summed E-state index contributed by atoms with van der Waals surface area (Å²) in [4.78, 5) is 33.5. The molecule has 0 unspecified atom stereocenters. The van der Waals surface area contributed by atoms with E-state index in [1.165, 1.54) is 11.1 Å². The molecule has 0 radical (unpaired) electrons. The smallest absolute Gasteiger partial charge is 0.282 e. The lowest BCUT2D eigenvalue weighted by atomic mass is 9.88. The summed E-state index contributed by atoms with van der Waals surface area (Å²) in [6.45, 7) is 4.66. The van der Waals surface area contributed by atoms with Gasteiger partial charge in [-0.05, 0) is 38.0 Å². The Bertz CT molecular complexity index is 1570. The summed E-state index contributed by atoms with van der Waals surface area (Å²) in [6.07, 6.45) is 7.31. The molecule has 1 amide bonds. The van der Waals surface area contributed by atoms with Crippen molar-refractivity contribution in [3.63, 3.8) is 0 Å². The molecule has 0 spiro atoms. The maximum Gasteiger partial charge on any atom is 0.282 e. The minimum atomic E-state index is -0.142. The second-order valence-electron chi connectivity index (χ2n) is 10.3. The van der Waals surface area contributed by atoms with Crippen molar-refractivity contribution in [3.8, 4) is 0 Å². The second-order valence-corrected chi connectivity index (χ2v) is 10.3. The number of morpholine rings is 1. The molecular formula is C30H33N5O3. The molecule has 2 fully saturated rings. The molecule has 1 aliphatic carbocycles. The van der Waals surface area contributed by atoms with E-state index < -0.39 is 0 Å². The van der Waals surface area contributed by atoms with E-state index in [2.05, 4.69) is 4.57 Å². The van der Waals surface area contributed by atoms with E-state index in [1.807, 2.05) is 60.4 Å². The molecule has 8 heteroatoms. The molecule has 4 aromatic rings. The van der Waals surface area contributed by atoms with Crippen LogP contribution in [0.3, 0.4) is 0 Å². The second kappa shape index (κ2) is 10.5. The van der Waals surface area contributed by atoms with Crippen LogP contribution >= 0.6 is 0 Å². The van der Waals surface area contributed by atoms with Crippen molar-refractivity contribution in [1.82, 2.24) is 19.1 Å². The number of rotatable bonds is 5. The number of carbonyl (C=O) groups is 1. The van der Waals surface area contributed by atoms with Crippen molar-refractivity contribution in [3.05, 3.63) is 76.0 Å². The summed E-state index contributed by atoms with van der Waals surface area (Å²) in [6, 6.07) is 15.6. The van der Waals surface area contributed by atoms with Gasteiger partial charge in [-0.3, -0.25) is 9.59 Å². The van der Waals surface area contributed by atoms with Gasteiger partial charge >= 0.3 is 0 Å². The third kappa shape index (κ3) is 4.53. The molecule has 1 saturated heterocycles. The summed E-state index contributed by atoms with van der Waals surface area (Å²) in [5.74, 6) is 1.04. The van der Waals surface area contributed by atoms with Gasteiger partial charge in [0.2, 0.25) is 5.91 Å². The van der Waals surface area contributed by atoms with E-state index in [0.717, 1.165) is 59.2 Å². The number of ether oxygens (including phenoxy) is 1. The Morgan fingerprint density at radius 3 is 2.53 bits per heavy atom. The molecule has 2 aromatic heterocycles. The zero-order valence-electron chi connectivity index (χ0n) is 21.8. The zero-order valence-corrected chi connectivity index (χ0v) is 21.8. The van der Waals surface area contributed by atoms with Gasteiger partial charge in [-0.25, -0.2) is 4.98 Å². The molecule has 196 valence electrons. The Hall–Kier alpha value is -3.78. The minimum absolute atomic E-state index is 0.0789. The molecule has 2 aliphatic rings. The van der Waals surface area contributed by atoms with Crippen LogP contribution in [0.25, 0.3) is 21.8 Å². The number of hydrogen-bond acceptors (Lipinski definition) is 5. The average molecular weight is 512 g/mol. The van der Waals surface area contributed by atoms with Gasteiger partial charge in [0.25, 0.3) is 5.56 Å². The van der Waals surface area contributed by atoms with Crippen LogP contribution in [0.2, 0.25) is 0 Å². The third-order valence-corrected chi connectivity index (χ3v) is 7.99. The van der Waals surface area contributed by atoms with Crippen molar-refractivity contribution >= 4 is 33.9 Å². The van der Waals surface area contributed by atoms with Gasteiger partial charge in [0.1, 0.15) is 12.4 Å². The van der Waals surface area contributed by atoms with Crippen LogP contribution in [0.4, 0.5) is 0 Å². The molecule has 0 bridgehead atoms. The van der Waals surface area contributed by atoms with Gasteiger partial charge in [0.15, 0.2) is 0 Å². The minimum Gasteiger partial charge on any atom is -0.378 e. The molecule has 0 atom stereocenters. The summed E-state index contributed by atoms with van der Waals surface area (Å²) < 4.78 is 8.98. The molecule has 2 aromatic carbocycles. The first-order valence-electron chi connectivity index (χ1n) is 13.6. The first kappa shape index (κ1) is 24.6. The predicted molar refractivity (Wildman–Crippen MR) is 149 cm³/mol. The van der Waals surface area contributed by atoms with Gasteiger partial charge in [-0.2, -0.15) is 9.78 Å². The monoisotopic (exact) mass is 511 g/mol. The summed E-state index contributed by atoms with van der Waals surface area (Å²) in [7, 11) is 0. The first-order chi connectivity index (χ1) is 18.6. The number of fused-ring (bicyclic) bond motifs is 2. The molecule has 0 N–H and O–H groups in total. The van der Waals surface area contributed by atoms with Crippen molar-refractivity contribution in [2.75, 3.05) is 26.3 Å². The van der Waals surface area contributed by atoms with E-state index >= 15 is 0 Å². The number of carbonyl (C=O) groups excluding carboxylic acids is 1. The topological polar surface area (TPSA) is 81.7 Å². The van der Waals surface area contributed by atoms with Crippen LogP contribution in [0.5, 0.6) is 0 Å². The lowest BCUT2D eigenvalue weighted by molar-refractivity contribution is -0.135. The molecule has 8 nitrogen and oxygen atoms in total. The highest BCUT2D eigenvalue weighted by atomic mass is 16.5. The number of amides is 1. The number of aromatic nitrogens is 3. The summed E-state index contributed by atoms with van der Waals surface area (Å²) >= 11 is 0. The van der Waals surface area contributed by atoms with Crippen molar-refractivity contribution in [2.24, 2.45) is 5.10 Å². The maximum absolute atomic E-state index is 13.6. The van der Waals surface area contributed by atoms with Gasteiger partial charge in [-0.1, -0.05) is 49.6 Å². The number of para-hydroxylation sites is 2. The van der Waals surface area contributed by atoms with Crippen LogP contribution in [0.1, 0.15) is 55.1 Å². The Balaban J connectivity index is 1.42. The predicted octanol–water partition coefficient (Wildman–Crippen LogP) is 4.45. The van der Waals surface area contributed by atoms with Gasteiger partial charge in [0, 0.05) is 41.2 Å². The Kier molecular flexibility index (Phi) is 6.81. The Labute approximate surface area is 221 Å². The van der Waals surface area contributed by atoms with Gasteiger partial charge in [-0.15, -0.1) is 0 Å². The van der Waals surface area contributed by atoms with Crippen LogP contribution < -0.4 is 5.56 Å². The highest BCUT2D eigenvalue weighted by molar-refractivity contribution is 6.01. The fraction of sp³-hybridized carbons (Fsp3) is 0.400. The SMILES string of the molecule is Cc1c(C=Nn2c(C3CCCCC3)nc3ccccc3c2=O)c2ccccc2n1CC(=O)N1CCOCC1. The van der Waals surface area contributed by atoms with Crippen LogP contribution in [-0.4, -0.2) is 57.6 Å². The van der Waals surface area contributed by atoms with Crippen molar-refractivity contribution in [2.45, 2.75) is 51.5 Å². The van der Waals surface area contributed by atoms with Crippen LogP contribution in [0, 0.1) is 6.92 Å². The average Bonchev–Trinajstić information content (AvgIpc) is 3.23. The Morgan fingerprint density at radius 1 is 1.03 bits per heavy atom. The van der Waals surface area contributed by atoms with Crippen LogP contribution in [0.15, 0.2) is 58.4 Å². The lowest BCUT2D eigenvalue weighted by Crippen LogP contribution is -2.42. The lowest BCUT2D eigenvalue weighted by Gasteiger charge is -2.27. The molecule has 1 aliphatic heterocycles. The van der Waals surface area contributed by atoms with Gasteiger partial charge in [0.05, 0.1) is 30.3 Å². The van der Waals surface area contributed by atoms with Crippen molar-refractivity contribution in [1.29, 1.82) is 0 Å². The highest BCUT2D eigenvalue weighted by Crippen LogP contribution is 2.32. The fourth-order valence-corrected chi connectivity index (χ4v) is 5.87. The fourth-order valence-electron chi connectivity index (χ4n) is 5.87. The number of nitrogens with zero attached hydrogens (tertiary/aromatic N) is 5. The van der Waals surface area contributed by atoms with Crippen LogP contribution in [-0.2, 0) is 16.1 Å². The maximum atomic E-state index is 13.6. The van der Waals surface area contributed by atoms with E-state index in [-0.39, 0.29) is 23.9 Å². The molecular weight excluding hydrogens is 478 g/mol.